The van der Waals surface area contributed by atoms with Crippen LogP contribution in [0.4, 0.5) is 0 Å². The van der Waals surface area contributed by atoms with Gasteiger partial charge in [0.15, 0.2) is 11.0 Å². The summed E-state index contributed by atoms with van der Waals surface area (Å²) in [6.07, 6.45) is 2.25. The minimum absolute atomic E-state index is 0.102. The topological polar surface area (TPSA) is 85.8 Å². The van der Waals surface area contributed by atoms with Crippen molar-refractivity contribution in [2.75, 3.05) is 12.9 Å². The monoisotopic (exact) mass is 493 g/mol. The van der Waals surface area contributed by atoms with Gasteiger partial charge >= 0.3 is 0 Å². The second-order valence-electron chi connectivity index (χ2n) is 7.57. The molecule has 1 aliphatic heterocycles. The molecule has 3 aromatic heterocycles. The molecule has 0 saturated heterocycles. The van der Waals surface area contributed by atoms with Crippen LogP contribution in [0.2, 0.25) is 0 Å². The number of hydrogen-bond acceptors (Lipinski definition) is 8. The molecule has 8 nitrogen and oxygen atoms in total. The maximum Gasteiger partial charge on any atom is 0.253 e. The van der Waals surface area contributed by atoms with Gasteiger partial charge in [0, 0.05) is 18.5 Å². The van der Waals surface area contributed by atoms with E-state index < -0.39 is 0 Å². The first-order valence-electron chi connectivity index (χ1n) is 10.8. The van der Waals surface area contributed by atoms with E-state index in [2.05, 4.69) is 15.3 Å². The third kappa shape index (κ3) is 4.38. The summed E-state index contributed by atoms with van der Waals surface area (Å²) in [4.78, 5) is 14.3. The van der Waals surface area contributed by atoms with Crippen molar-refractivity contribution >= 4 is 34.7 Å². The summed E-state index contributed by atoms with van der Waals surface area (Å²) in [5.74, 6) is 2.36. The van der Waals surface area contributed by atoms with Crippen LogP contribution in [0.3, 0.4) is 0 Å². The molecule has 0 fully saturated rings. The number of nitrogens with zero attached hydrogens (tertiary/aromatic N) is 5. The fraction of sp³-hybridized carbons (Fsp3) is 0.250. The number of hydrazone groups is 1. The lowest BCUT2D eigenvalue weighted by Crippen LogP contribution is -2.28. The number of furan rings is 1. The average Bonchev–Trinajstić information content (AvgIpc) is 3.68. The van der Waals surface area contributed by atoms with Gasteiger partial charge < -0.3 is 13.7 Å². The number of aromatic nitrogens is 3. The molecule has 1 aromatic carbocycles. The molecule has 4 aromatic rings. The summed E-state index contributed by atoms with van der Waals surface area (Å²) in [7, 11) is 1.64. The Morgan fingerprint density at radius 2 is 2.06 bits per heavy atom. The minimum atomic E-state index is -0.251. The van der Waals surface area contributed by atoms with Gasteiger partial charge in [0.2, 0.25) is 0 Å². The lowest BCUT2D eigenvalue weighted by atomic mass is 10.1. The number of methoxy groups -OCH3 is 1. The second kappa shape index (κ2) is 9.86. The van der Waals surface area contributed by atoms with E-state index >= 15 is 0 Å². The Balaban J connectivity index is 1.34. The fourth-order valence-electron chi connectivity index (χ4n) is 3.86. The molecule has 1 unspecified atom stereocenters. The van der Waals surface area contributed by atoms with E-state index in [9.17, 15) is 4.79 Å². The third-order valence-corrected chi connectivity index (χ3v) is 7.42. The zero-order valence-electron chi connectivity index (χ0n) is 18.7. The molecule has 1 atom stereocenters. The summed E-state index contributed by atoms with van der Waals surface area (Å²) in [5.41, 5.74) is 1.84. The number of carbonyl (C=O) groups is 1. The Morgan fingerprint density at radius 3 is 2.74 bits per heavy atom. The molecule has 34 heavy (non-hydrogen) atoms. The normalized spacial score (nSPS) is 15.5. The van der Waals surface area contributed by atoms with Crippen LogP contribution in [0, 0.1) is 0 Å². The van der Waals surface area contributed by atoms with Crippen LogP contribution in [0.25, 0.3) is 11.4 Å². The maximum absolute atomic E-state index is 13.3. The predicted octanol–water partition coefficient (Wildman–Crippen LogP) is 5.10. The highest BCUT2D eigenvalue weighted by molar-refractivity contribution is 7.99. The van der Waals surface area contributed by atoms with Gasteiger partial charge in [0.1, 0.15) is 17.6 Å². The summed E-state index contributed by atoms with van der Waals surface area (Å²) < 4.78 is 12.9. The van der Waals surface area contributed by atoms with E-state index in [0.717, 1.165) is 33.5 Å². The minimum Gasteiger partial charge on any atom is -0.497 e. The number of benzene rings is 1. The van der Waals surface area contributed by atoms with Crippen molar-refractivity contribution in [2.45, 2.75) is 31.1 Å². The van der Waals surface area contributed by atoms with Crippen molar-refractivity contribution in [3.05, 3.63) is 70.8 Å². The zero-order chi connectivity index (χ0) is 23.5. The van der Waals surface area contributed by atoms with Crippen molar-refractivity contribution in [3.63, 3.8) is 0 Å². The van der Waals surface area contributed by atoms with Gasteiger partial charge in [-0.25, -0.2) is 5.01 Å². The van der Waals surface area contributed by atoms with Gasteiger partial charge in [-0.15, -0.1) is 21.5 Å². The summed E-state index contributed by atoms with van der Waals surface area (Å²) >= 11 is 2.98. The number of hydrogen-bond donors (Lipinski definition) is 0. The van der Waals surface area contributed by atoms with Gasteiger partial charge in [-0.05, 0) is 54.8 Å². The van der Waals surface area contributed by atoms with E-state index in [-0.39, 0.29) is 17.7 Å². The number of carbonyl (C=O) groups excluding carboxylic acids is 1. The molecule has 0 spiro atoms. The number of rotatable bonds is 8. The fourth-order valence-corrected chi connectivity index (χ4v) is 5.44. The molecule has 1 aliphatic rings. The van der Waals surface area contributed by atoms with Gasteiger partial charge in [-0.2, -0.15) is 5.10 Å². The number of ether oxygens (including phenoxy) is 1. The standard InChI is InChI=1S/C24H23N5O3S2/c1-3-28-23(16-8-10-17(31-2)11-9-16)25-26-24(28)34-15-22(30)29-19(20-6-4-12-32-20)14-18(27-29)21-7-5-13-33-21/h4-13,19H,3,14-15H2,1-2H3. The maximum atomic E-state index is 13.3. The van der Waals surface area contributed by atoms with Gasteiger partial charge in [0.05, 0.1) is 29.7 Å². The molecular weight excluding hydrogens is 470 g/mol. The smallest absolute Gasteiger partial charge is 0.253 e. The summed E-state index contributed by atoms with van der Waals surface area (Å²) in [5, 5.41) is 17.7. The average molecular weight is 494 g/mol. The Bertz CT molecular complexity index is 1280. The number of thioether (sulfide) groups is 1. The Hall–Kier alpha value is -3.37. The summed E-state index contributed by atoms with van der Waals surface area (Å²) in [6.45, 7) is 2.72. The van der Waals surface area contributed by atoms with Crippen molar-refractivity contribution in [3.8, 4) is 17.1 Å². The second-order valence-corrected chi connectivity index (χ2v) is 9.46. The molecule has 0 saturated carbocycles. The van der Waals surface area contributed by atoms with Crippen LogP contribution >= 0.6 is 23.1 Å². The van der Waals surface area contributed by atoms with Crippen molar-refractivity contribution in [1.82, 2.24) is 19.8 Å². The molecule has 0 bridgehead atoms. The van der Waals surface area contributed by atoms with E-state index in [0.29, 0.717) is 18.1 Å². The van der Waals surface area contributed by atoms with Gasteiger partial charge in [-0.1, -0.05) is 17.8 Å². The van der Waals surface area contributed by atoms with Crippen molar-refractivity contribution in [1.29, 1.82) is 0 Å². The molecule has 4 heterocycles. The molecule has 0 aliphatic carbocycles. The highest BCUT2D eigenvalue weighted by Crippen LogP contribution is 2.35. The highest BCUT2D eigenvalue weighted by Gasteiger charge is 2.35. The van der Waals surface area contributed by atoms with Crippen molar-refractivity contribution < 1.29 is 13.9 Å². The molecule has 174 valence electrons. The zero-order valence-corrected chi connectivity index (χ0v) is 20.4. The number of amides is 1. The Kier molecular flexibility index (Phi) is 6.50. The molecule has 0 radical (unpaired) electrons. The lowest BCUT2D eigenvalue weighted by Gasteiger charge is -2.19. The molecule has 5 rings (SSSR count). The first-order chi connectivity index (χ1) is 16.7. The lowest BCUT2D eigenvalue weighted by molar-refractivity contribution is -0.130. The van der Waals surface area contributed by atoms with Crippen LogP contribution in [-0.4, -0.2) is 44.3 Å². The SMILES string of the molecule is CCn1c(SCC(=O)N2N=C(c3cccs3)CC2c2ccco2)nnc1-c1ccc(OC)cc1. The van der Waals surface area contributed by atoms with Crippen LogP contribution in [-0.2, 0) is 11.3 Å². The first-order valence-corrected chi connectivity index (χ1v) is 12.7. The quantitative estimate of drug-likeness (QED) is 0.318. The van der Waals surface area contributed by atoms with Crippen molar-refractivity contribution in [2.24, 2.45) is 5.10 Å². The molecular formula is C24H23N5O3S2. The molecule has 10 heteroatoms. The Labute approximate surface area is 205 Å². The largest absolute Gasteiger partial charge is 0.497 e. The third-order valence-electron chi connectivity index (χ3n) is 5.55. The van der Waals surface area contributed by atoms with Crippen LogP contribution in [0.1, 0.15) is 30.0 Å². The predicted molar refractivity (Wildman–Crippen MR) is 132 cm³/mol. The molecule has 1 amide bonds. The van der Waals surface area contributed by atoms with Crippen LogP contribution in [0.5, 0.6) is 5.75 Å². The molecule has 0 N–H and O–H groups in total. The van der Waals surface area contributed by atoms with Crippen LogP contribution < -0.4 is 4.74 Å². The summed E-state index contributed by atoms with van der Waals surface area (Å²) in [6, 6.07) is 15.2. The highest BCUT2D eigenvalue weighted by atomic mass is 32.2. The van der Waals surface area contributed by atoms with Gasteiger partial charge in [-0.3, -0.25) is 4.79 Å². The van der Waals surface area contributed by atoms with E-state index in [1.54, 1.807) is 29.7 Å². The van der Waals surface area contributed by atoms with Gasteiger partial charge in [0.25, 0.3) is 5.91 Å². The van der Waals surface area contributed by atoms with E-state index in [1.807, 2.05) is 65.4 Å². The first kappa shape index (κ1) is 22.4. The van der Waals surface area contributed by atoms with E-state index in [1.165, 1.54) is 11.8 Å². The van der Waals surface area contributed by atoms with E-state index in [4.69, 9.17) is 9.15 Å². The Morgan fingerprint density at radius 1 is 1.21 bits per heavy atom. The number of thiophene rings is 1. The van der Waals surface area contributed by atoms with Crippen LogP contribution in [0.15, 0.2) is 74.8 Å².